The monoisotopic (exact) mass is 542 g/mol. The zero-order valence-corrected chi connectivity index (χ0v) is 21.8. The highest BCUT2D eigenvalue weighted by Gasteiger charge is 2.15. The molecule has 0 radical (unpaired) electrons. The molecule has 1 amide bonds. The van der Waals surface area contributed by atoms with Crippen molar-refractivity contribution in [1.82, 2.24) is 9.55 Å². The summed E-state index contributed by atoms with van der Waals surface area (Å²) in [5.41, 5.74) is 3.99. The summed E-state index contributed by atoms with van der Waals surface area (Å²) in [7, 11) is 0. The van der Waals surface area contributed by atoms with Crippen LogP contribution in [-0.2, 0) is 17.8 Å². The third-order valence-electron chi connectivity index (χ3n) is 5.82. The summed E-state index contributed by atoms with van der Waals surface area (Å²) >= 11 is 13.5. The molecule has 0 spiro atoms. The quantitative estimate of drug-likeness (QED) is 0.170. The van der Waals surface area contributed by atoms with E-state index >= 15 is 0 Å². The van der Waals surface area contributed by atoms with Crippen LogP contribution in [0.2, 0.25) is 10.0 Å². The minimum atomic E-state index is -0.502. The van der Waals surface area contributed by atoms with E-state index in [4.69, 9.17) is 23.2 Å². The molecule has 0 bridgehead atoms. The minimum absolute atomic E-state index is 0.00356. The van der Waals surface area contributed by atoms with Gasteiger partial charge in [0.1, 0.15) is 11.6 Å². The summed E-state index contributed by atoms with van der Waals surface area (Å²) in [5.74, 6) is -0.502. The minimum Gasteiger partial charge on any atom is -0.342 e. The number of carbonyl (C=O) groups excluding carboxylic acids is 1. The van der Waals surface area contributed by atoms with E-state index in [-0.39, 0.29) is 5.57 Å². The first-order valence-electron chi connectivity index (χ1n) is 11.4. The standard InChI is InChI=1S/C29H20Cl2N4OS/c30-25-11-10-20(13-26(25)31)12-23-16-33-29(37-23)34-28(36)21(15-32)14-22-18-35(17-19-6-2-1-3-7-19)27-9-5-4-8-24(22)27/h1-11,13-14,16,18H,12,17H2,(H,33,34,36). The Morgan fingerprint density at radius 3 is 2.59 bits per heavy atom. The number of aromatic nitrogens is 2. The zero-order valence-electron chi connectivity index (χ0n) is 19.5. The zero-order chi connectivity index (χ0) is 25.8. The van der Waals surface area contributed by atoms with Crippen molar-refractivity contribution in [2.45, 2.75) is 13.0 Å². The van der Waals surface area contributed by atoms with E-state index in [1.54, 1.807) is 18.3 Å². The molecule has 5 rings (SSSR count). The Morgan fingerprint density at radius 2 is 1.81 bits per heavy atom. The van der Waals surface area contributed by atoms with Crippen LogP contribution in [0.4, 0.5) is 5.13 Å². The third-order valence-corrected chi connectivity index (χ3v) is 7.47. The number of thiazole rings is 1. The van der Waals surface area contributed by atoms with Gasteiger partial charge in [0, 0.05) is 46.7 Å². The van der Waals surface area contributed by atoms with Crippen molar-refractivity contribution in [3.05, 3.63) is 122 Å². The summed E-state index contributed by atoms with van der Waals surface area (Å²) in [6, 6.07) is 25.6. The predicted molar refractivity (Wildman–Crippen MR) is 151 cm³/mol. The normalized spacial score (nSPS) is 11.4. The van der Waals surface area contributed by atoms with E-state index in [1.807, 2.05) is 66.9 Å². The Bertz CT molecular complexity index is 1660. The Kier molecular flexibility index (Phi) is 7.38. The fourth-order valence-corrected chi connectivity index (χ4v) is 5.23. The number of benzene rings is 3. The maximum Gasteiger partial charge on any atom is 0.268 e. The average Bonchev–Trinajstić information content (AvgIpc) is 3.49. The highest BCUT2D eigenvalue weighted by atomic mass is 35.5. The lowest BCUT2D eigenvalue weighted by Gasteiger charge is -2.05. The van der Waals surface area contributed by atoms with Crippen molar-refractivity contribution in [3.8, 4) is 6.07 Å². The van der Waals surface area contributed by atoms with Crippen LogP contribution >= 0.6 is 34.5 Å². The lowest BCUT2D eigenvalue weighted by Crippen LogP contribution is -2.13. The van der Waals surface area contributed by atoms with Crippen molar-refractivity contribution in [1.29, 1.82) is 5.26 Å². The average molecular weight is 543 g/mol. The molecule has 5 nitrogen and oxygen atoms in total. The van der Waals surface area contributed by atoms with Crippen molar-refractivity contribution in [2.24, 2.45) is 0 Å². The molecular formula is C29H20Cl2N4OS. The second-order valence-corrected chi connectivity index (χ2v) is 10.3. The molecule has 0 aliphatic heterocycles. The van der Waals surface area contributed by atoms with Crippen LogP contribution in [0.5, 0.6) is 0 Å². The van der Waals surface area contributed by atoms with Crippen molar-refractivity contribution < 1.29 is 4.79 Å². The molecule has 37 heavy (non-hydrogen) atoms. The predicted octanol–water partition coefficient (Wildman–Crippen LogP) is 7.59. The Hall–Kier alpha value is -3.89. The van der Waals surface area contributed by atoms with E-state index in [9.17, 15) is 10.1 Å². The number of nitrogens with one attached hydrogen (secondary N) is 1. The van der Waals surface area contributed by atoms with Gasteiger partial charge >= 0.3 is 0 Å². The molecule has 2 aromatic heterocycles. The smallest absolute Gasteiger partial charge is 0.268 e. The molecule has 0 aliphatic carbocycles. The summed E-state index contributed by atoms with van der Waals surface area (Å²) in [6.45, 7) is 0.685. The van der Waals surface area contributed by atoms with Gasteiger partial charge in [-0.15, -0.1) is 11.3 Å². The van der Waals surface area contributed by atoms with Crippen LogP contribution in [-0.4, -0.2) is 15.5 Å². The van der Waals surface area contributed by atoms with Crippen LogP contribution in [0.1, 0.15) is 21.6 Å². The fourth-order valence-electron chi connectivity index (χ4n) is 4.07. The molecule has 0 atom stereocenters. The van der Waals surface area contributed by atoms with E-state index in [1.165, 1.54) is 11.3 Å². The molecule has 0 saturated carbocycles. The number of nitrogens with zero attached hydrogens (tertiary/aromatic N) is 3. The van der Waals surface area contributed by atoms with Crippen molar-refractivity contribution in [3.63, 3.8) is 0 Å². The Balaban J connectivity index is 1.35. The molecule has 182 valence electrons. The van der Waals surface area contributed by atoms with Gasteiger partial charge < -0.3 is 4.57 Å². The van der Waals surface area contributed by atoms with Gasteiger partial charge in [-0.2, -0.15) is 5.26 Å². The second kappa shape index (κ2) is 11.0. The van der Waals surface area contributed by atoms with Crippen molar-refractivity contribution >= 4 is 62.6 Å². The number of nitriles is 1. The summed E-state index contributed by atoms with van der Waals surface area (Å²) < 4.78 is 2.12. The first-order valence-corrected chi connectivity index (χ1v) is 13.0. The molecule has 1 N–H and O–H groups in total. The summed E-state index contributed by atoms with van der Waals surface area (Å²) in [5, 5.41) is 14.9. The molecule has 0 fully saturated rings. The fraction of sp³-hybridized carbons (Fsp3) is 0.0690. The SMILES string of the molecule is N#CC(=Cc1cn(Cc2ccccc2)c2ccccc12)C(=O)Nc1ncc(Cc2ccc(Cl)c(Cl)c2)s1. The first-order chi connectivity index (χ1) is 18.0. The number of amides is 1. The number of fused-ring (bicyclic) bond motifs is 1. The number of anilines is 1. The van der Waals surface area contributed by atoms with Crippen LogP contribution in [0.3, 0.4) is 0 Å². The Morgan fingerprint density at radius 1 is 1.03 bits per heavy atom. The van der Waals surface area contributed by atoms with E-state index in [2.05, 4.69) is 27.0 Å². The molecule has 0 unspecified atom stereocenters. The summed E-state index contributed by atoms with van der Waals surface area (Å²) in [6.07, 6.45) is 5.91. The molecular weight excluding hydrogens is 523 g/mol. The van der Waals surface area contributed by atoms with E-state index in [0.717, 1.165) is 32.5 Å². The number of carbonyl (C=O) groups is 1. The molecule has 2 heterocycles. The van der Waals surface area contributed by atoms with Gasteiger partial charge in [0.15, 0.2) is 5.13 Å². The molecule has 0 aliphatic rings. The van der Waals surface area contributed by atoms with Crippen LogP contribution in [0.25, 0.3) is 17.0 Å². The highest BCUT2D eigenvalue weighted by Crippen LogP contribution is 2.28. The number of halogens is 2. The number of para-hydroxylation sites is 1. The van der Waals surface area contributed by atoms with Crippen LogP contribution in [0, 0.1) is 11.3 Å². The lowest BCUT2D eigenvalue weighted by molar-refractivity contribution is -0.112. The summed E-state index contributed by atoms with van der Waals surface area (Å²) in [4.78, 5) is 18.2. The third kappa shape index (κ3) is 5.76. The van der Waals surface area contributed by atoms with Gasteiger partial charge in [0.2, 0.25) is 0 Å². The molecule has 5 aromatic rings. The van der Waals surface area contributed by atoms with Crippen LogP contribution in [0.15, 0.2) is 90.8 Å². The first kappa shape index (κ1) is 24.8. The van der Waals surface area contributed by atoms with Crippen LogP contribution < -0.4 is 5.32 Å². The maximum absolute atomic E-state index is 13.0. The van der Waals surface area contributed by atoms with Gasteiger partial charge in [-0.05, 0) is 35.4 Å². The largest absolute Gasteiger partial charge is 0.342 e. The number of hydrogen-bond acceptors (Lipinski definition) is 4. The molecule has 0 saturated heterocycles. The van der Waals surface area contributed by atoms with Gasteiger partial charge in [0.05, 0.1) is 10.0 Å². The van der Waals surface area contributed by atoms with E-state index < -0.39 is 5.91 Å². The molecule has 3 aromatic carbocycles. The number of hydrogen-bond donors (Lipinski definition) is 1. The van der Waals surface area contributed by atoms with Gasteiger partial charge in [-0.3, -0.25) is 10.1 Å². The second-order valence-electron chi connectivity index (χ2n) is 8.40. The van der Waals surface area contributed by atoms with Gasteiger partial charge in [-0.1, -0.05) is 77.8 Å². The molecule has 8 heteroatoms. The van der Waals surface area contributed by atoms with Gasteiger partial charge in [-0.25, -0.2) is 4.98 Å². The Labute approximate surface area is 228 Å². The van der Waals surface area contributed by atoms with Crippen molar-refractivity contribution in [2.75, 3.05) is 5.32 Å². The lowest BCUT2D eigenvalue weighted by atomic mass is 10.1. The van der Waals surface area contributed by atoms with E-state index in [0.29, 0.717) is 28.1 Å². The highest BCUT2D eigenvalue weighted by molar-refractivity contribution is 7.15. The number of rotatable bonds is 7. The topological polar surface area (TPSA) is 70.7 Å². The maximum atomic E-state index is 13.0. The van der Waals surface area contributed by atoms with Gasteiger partial charge in [0.25, 0.3) is 5.91 Å².